The van der Waals surface area contributed by atoms with Crippen molar-refractivity contribution >= 4 is 21.6 Å². The van der Waals surface area contributed by atoms with Crippen molar-refractivity contribution in [1.29, 1.82) is 0 Å². The molecule has 0 aliphatic carbocycles. The Hall–Kier alpha value is -0.710. The van der Waals surface area contributed by atoms with Crippen LogP contribution in [0.2, 0.25) is 0 Å². The molecule has 0 fully saturated rings. The van der Waals surface area contributed by atoms with Gasteiger partial charge in [-0.25, -0.2) is 0 Å². The van der Waals surface area contributed by atoms with Gasteiger partial charge in [-0.2, -0.15) is 13.2 Å². The molecule has 0 saturated carbocycles. The highest BCUT2D eigenvalue weighted by Crippen LogP contribution is 2.34. The van der Waals surface area contributed by atoms with Gasteiger partial charge < -0.3 is 5.32 Å². The molecule has 0 spiro atoms. The lowest BCUT2D eigenvalue weighted by Crippen LogP contribution is -2.17. The van der Waals surface area contributed by atoms with Crippen molar-refractivity contribution in [2.75, 3.05) is 5.32 Å². The van der Waals surface area contributed by atoms with Crippen molar-refractivity contribution in [3.05, 3.63) is 28.2 Å². The van der Waals surface area contributed by atoms with E-state index in [1.54, 1.807) is 0 Å². The largest absolute Gasteiger partial charge is 0.416 e. The highest BCUT2D eigenvalue weighted by molar-refractivity contribution is 9.10. The Morgan fingerprint density at radius 2 is 1.82 bits per heavy atom. The highest BCUT2D eigenvalue weighted by atomic mass is 79.9. The number of benzene rings is 1. The minimum absolute atomic E-state index is 0.281. The molecule has 1 nitrogen and oxygen atoms in total. The molecule has 0 unspecified atom stereocenters. The maximum Gasteiger partial charge on any atom is 0.416 e. The van der Waals surface area contributed by atoms with E-state index in [0.29, 0.717) is 10.2 Å². The summed E-state index contributed by atoms with van der Waals surface area (Å²) in [5.74, 6) is 0. The third-order valence-electron chi connectivity index (χ3n) is 2.64. The third kappa shape index (κ3) is 3.91. The maximum atomic E-state index is 12.5. The van der Waals surface area contributed by atoms with E-state index < -0.39 is 11.7 Å². The quantitative estimate of drug-likeness (QED) is 0.819. The topological polar surface area (TPSA) is 12.0 Å². The lowest BCUT2D eigenvalue weighted by molar-refractivity contribution is -0.137. The van der Waals surface area contributed by atoms with Crippen molar-refractivity contribution in [3.63, 3.8) is 0 Å². The van der Waals surface area contributed by atoms with Gasteiger partial charge in [-0.05, 0) is 47.0 Å². The summed E-state index contributed by atoms with van der Waals surface area (Å²) in [5, 5.41) is 3.21. The SMILES string of the molecule is CCC(CC)Nc1ccc(C(F)(F)F)cc1Br. The maximum absolute atomic E-state index is 12.5. The number of hydrogen-bond acceptors (Lipinski definition) is 1. The summed E-state index contributed by atoms with van der Waals surface area (Å²) < 4.78 is 37.8. The Balaban J connectivity index is 2.90. The molecule has 0 bridgehead atoms. The van der Waals surface area contributed by atoms with Crippen LogP contribution in [0, 0.1) is 0 Å². The first kappa shape index (κ1) is 14.4. The molecule has 0 heterocycles. The van der Waals surface area contributed by atoms with Crippen molar-refractivity contribution in [1.82, 2.24) is 0 Å². The lowest BCUT2D eigenvalue weighted by atomic mass is 10.1. The summed E-state index contributed by atoms with van der Waals surface area (Å²) in [6.07, 6.45) is -2.43. The van der Waals surface area contributed by atoms with Crippen LogP contribution in [0.5, 0.6) is 0 Å². The summed E-state index contributed by atoms with van der Waals surface area (Å²) in [6.45, 7) is 4.08. The Labute approximate surface area is 108 Å². The third-order valence-corrected chi connectivity index (χ3v) is 3.30. The number of anilines is 1. The summed E-state index contributed by atoms with van der Waals surface area (Å²) in [7, 11) is 0. The predicted molar refractivity (Wildman–Crippen MR) is 67.1 cm³/mol. The van der Waals surface area contributed by atoms with Gasteiger partial charge in [0, 0.05) is 16.2 Å². The van der Waals surface area contributed by atoms with Gasteiger partial charge in [0.05, 0.1) is 5.56 Å². The van der Waals surface area contributed by atoms with Crippen LogP contribution in [-0.2, 0) is 6.18 Å². The standard InChI is InChI=1S/C12H15BrF3N/c1-3-9(4-2)17-11-6-5-8(7-10(11)13)12(14,15)16/h5-7,9,17H,3-4H2,1-2H3. The molecule has 1 N–H and O–H groups in total. The monoisotopic (exact) mass is 309 g/mol. The Morgan fingerprint density at radius 1 is 1.24 bits per heavy atom. The number of halogens is 4. The smallest absolute Gasteiger partial charge is 0.381 e. The number of alkyl halides is 3. The van der Waals surface area contributed by atoms with Gasteiger partial charge in [-0.1, -0.05) is 13.8 Å². The number of hydrogen-bond donors (Lipinski definition) is 1. The first-order chi connectivity index (χ1) is 7.88. The molecule has 1 aromatic carbocycles. The van der Waals surface area contributed by atoms with Gasteiger partial charge in [-0.15, -0.1) is 0 Å². The van der Waals surface area contributed by atoms with Gasteiger partial charge in [0.15, 0.2) is 0 Å². The highest BCUT2D eigenvalue weighted by Gasteiger charge is 2.30. The zero-order valence-corrected chi connectivity index (χ0v) is 11.3. The molecule has 0 radical (unpaired) electrons. The molecule has 0 atom stereocenters. The minimum Gasteiger partial charge on any atom is -0.381 e. The fourth-order valence-corrected chi connectivity index (χ4v) is 2.01. The Morgan fingerprint density at radius 3 is 2.24 bits per heavy atom. The average molecular weight is 310 g/mol. The predicted octanol–water partition coefficient (Wildman–Crippen LogP) is 5.07. The van der Waals surface area contributed by atoms with Gasteiger partial charge in [0.25, 0.3) is 0 Å². The van der Waals surface area contributed by atoms with Crippen LogP contribution in [0.3, 0.4) is 0 Å². The molecule has 1 aromatic rings. The first-order valence-electron chi connectivity index (χ1n) is 5.51. The molecule has 96 valence electrons. The summed E-state index contributed by atoms with van der Waals surface area (Å²) in [5.41, 5.74) is 0.0613. The van der Waals surface area contributed by atoms with Gasteiger partial charge in [-0.3, -0.25) is 0 Å². The van der Waals surface area contributed by atoms with Crippen LogP contribution in [0.15, 0.2) is 22.7 Å². The van der Waals surface area contributed by atoms with Crippen LogP contribution in [0.4, 0.5) is 18.9 Å². The van der Waals surface area contributed by atoms with Crippen LogP contribution >= 0.6 is 15.9 Å². The van der Waals surface area contributed by atoms with E-state index in [-0.39, 0.29) is 6.04 Å². The fourth-order valence-electron chi connectivity index (χ4n) is 1.52. The van der Waals surface area contributed by atoms with E-state index >= 15 is 0 Å². The normalized spacial score (nSPS) is 11.9. The van der Waals surface area contributed by atoms with Gasteiger partial charge in [0.2, 0.25) is 0 Å². The molecule has 5 heteroatoms. The molecule has 1 rings (SSSR count). The van der Waals surface area contributed by atoms with Crippen molar-refractivity contribution in [2.24, 2.45) is 0 Å². The zero-order chi connectivity index (χ0) is 13.1. The molecular weight excluding hydrogens is 295 g/mol. The van der Waals surface area contributed by atoms with E-state index in [2.05, 4.69) is 21.2 Å². The summed E-state index contributed by atoms with van der Waals surface area (Å²) in [4.78, 5) is 0. The molecule has 0 amide bonds. The molecule has 0 aromatic heterocycles. The number of rotatable bonds is 4. The fraction of sp³-hybridized carbons (Fsp3) is 0.500. The van der Waals surface area contributed by atoms with Crippen LogP contribution in [0.1, 0.15) is 32.3 Å². The van der Waals surface area contributed by atoms with E-state index in [4.69, 9.17) is 0 Å². The molecule has 17 heavy (non-hydrogen) atoms. The van der Waals surface area contributed by atoms with Crippen molar-refractivity contribution in [2.45, 2.75) is 38.9 Å². The number of nitrogens with one attached hydrogen (secondary N) is 1. The Kier molecular flexibility index (Phi) is 4.86. The van der Waals surface area contributed by atoms with Gasteiger partial charge >= 0.3 is 6.18 Å². The van der Waals surface area contributed by atoms with Crippen LogP contribution < -0.4 is 5.32 Å². The summed E-state index contributed by atoms with van der Waals surface area (Å²) >= 11 is 3.16. The van der Waals surface area contributed by atoms with E-state index in [1.807, 2.05) is 13.8 Å². The van der Waals surface area contributed by atoms with E-state index in [9.17, 15) is 13.2 Å². The minimum atomic E-state index is -4.30. The van der Waals surface area contributed by atoms with Crippen LogP contribution in [-0.4, -0.2) is 6.04 Å². The molecule has 0 aliphatic heterocycles. The average Bonchev–Trinajstić information content (AvgIpc) is 2.26. The second-order valence-corrected chi connectivity index (χ2v) is 4.70. The van der Waals surface area contributed by atoms with E-state index in [1.165, 1.54) is 6.07 Å². The molecule has 0 aliphatic rings. The van der Waals surface area contributed by atoms with Crippen LogP contribution in [0.25, 0.3) is 0 Å². The second-order valence-electron chi connectivity index (χ2n) is 3.85. The van der Waals surface area contributed by atoms with Crippen molar-refractivity contribution in [3.8, 4) is 0 Å². The van der Waals surface area contributed by atoms with Gasteiger partial charge in [0.1, 0.15) is 0 Å². The summed E-state index contributed by atoms with van der Waals surface area (Å²) in [6, 6.07) is 3.94. The molecular formula is C12H15BrF3N. The Bertz CT molecular complexity index is 373. The zero-order valence-electron chi connectivity index (χ0n) is 9.74. The lowest BCUT2D eigenvalue weighted by Gasteiger charge is -2.18. The van der Waals surface area contributed by atoms with Crippen molar-refractivity contribution < 1.29 is 13.2 Å². The van der Waals surface area contributed by atoms with E-state index in [0.717, 1.165) is 25.0 Å². The second kappa shape index (κ2) is 5.76. The first-order valence-corrected chi connectivity index (χ1v) is 6.31. The molecule has 0 saturated heterocycles.